The lowest BCUT2D eigenvalue weighted by atomic mass is 10.1. The predicted octanol–water partition coefficient (Wildman–Crippen LogP) is -2.65. The van der Waals surface area contributed by atoms with Gasteiger partial charge in [-0.2, -0.15) is 0 Å². The van der Waals surface area contributed by atoms with E-state index in [9.17, 15) is 24.6 Å². The summed E-state index contributed by atoms with van der Waals surface area (Å²) >= 11 is 1.54. The van der Waals surface area contributed by atoms with Gasteiger partial charge in [-0.25, -0.2) is 0 Å². The highest BCUT2D eigenvalue weighted by Gasteiger charge is 2.51. The molecule has 2 aliphatic rings. The Kier molecular flexibility index (Phi) is 5.74. The van der Waals surface area contributed by atoms with Crippen LogP contribution in [0.4, 0.5) is 0 Å². The van der Waals surface area contributed by atoms with E-state index in [1.165, 1.54) is 6.92 Å². The summed E-state index contributed by atoms with van der Waals surface area (Å²) in [5.74, 6) is -0.820. The zero-order valence-corrected chi connectivity index (χ0v) is 14.5. The van der Waals surface area contributed by atoms with E-state index in [-0.39, 0.29) is 17.2 Å². The molecule has 6 N–H and O–H groups in total. The van der Waals surface area contributed by atoms with E-state index < -0.39 is 36.1 Å². The summed E-state index contributed by atoms with van der Waals surface area (Å²) in [6, 6.07) is -1.66. The number of hydrogen-bond acceptors (Lipinski definition) is 7. The molecule has 24 heavy (non-hydrogen) atoms. The van der Waals surface area contributed by atoms with Crippen molar-refractivity contribution >= 4 is 29.5 Å². The predicted molar refractivity (Wildman–Crippen MR) is 87.8 cm³/mol. The molecule has 2 rings (SSSR count). The smallest absolute Gasteiger partial charge is 0.242 e. The van der Waals surface area contributed by atoms with Gasteiger partial charge in [-0.05, 0) is 13.8 Å². The number of carbonyl (C=O) groups is 3. The van der Waals surface area contributed by atoms with Gasteiger partial charge in [-0.15, -0.1) is 11.8 Å². The zero-order chi connectivity index (χ0) is 18.1. The van der Waals surface area contributed by atoms with Gasteiger partial charge in [0.15, 0.2) is 0 Å². The van der Waals surface area contributed by atoms with Crippen LogP contribution >= 0.6 is 11.8 Å². The Morgan fingerprint density at radius 2 is 2.00 bits per heavy atom. The van der Waals surface area contributed by atoms with Crippen LogP contribution in [0.25, 0.3) is 0 Å². The quantitative estimate of drug-likeness (QED) is 0.348. The first-order valence-corrected chi connectivity index (χ1v) is 8.77. The van der Waals surface area contributed by atoms with E-state index >= 15 is 0 Å². The largest absolute Gasteiger partial charge is 0.393 e. The standard InChI is InChI=1S/C14H24N4O5S/c1-7(19)3-10(21)18-5-14(6-18)17-9(4-24-14)13(23)16-11(8(2)20)12(15)22/h7-9,11,17,19-20H,3-6H2,1-2H3,(H2,15,22)(H,16,23)/t7-,8-,9+,11+/m1/s1. The second-order valence-electron chi connectivity index (χ2n) is 6.43. The third-order valence-electron chi connectivity index (χ3n) is 4.08. The summed E-state index contributed by atoms with van der Waals surface area (Å²) in [6.45, 7) is 3.87. The molecule has 0 unspecified atom stereocenters. The second-order valence-corrected chi connectivity index (χ2v) is 7.84. The summed E-state index contributed by atoms with van der Waals surface area (Å²) in [4.78, 5) is 36.6. The molecule has 0 radical (unpaired) electrons. The summed E-state index contributed by atoms with van der Waals surface area (Å²) in [5.41, 5.74) is 5.16. The molecule has 2 heterocycles. The van der Waals surface area contributed by atoms with Crippen molar-refractivity contribution in [2.75, 3.05) is 18.8 Å². The average molecular weight is 360 g/mol. The third kappa shape index (κ3) is 4.18. The molecule has 1 spiro atoms. The molecule has 0 bridgehead atoms. The molecule has 0 saturated carbocycles. The number of aliphatic hydroxyl groups is 2. The zero-order valence-electron chi connectivity index (χ0n) is 13.7. The number of thioether (sulfide) groups is 1. The molecule has 0 aromatic heterocycles. The minimum Gasteiger partial charge on any atom is -0.393 e. The van der Waals surface area contributed by atoms with Gasteiger partial charge in [-0.1, -0.05) is 0 Å². The van der Waals surface area contributed by atoms with Crippen LogP contribution in [-0.2, 0) is 14.4 Å². The van der Waals surface area contributed by atoms with Crippen molar-refractivity contribution in [3.05, 3.63) is 0 Å². The van der Waals surface area contributed by atoms with Crippen LogP contribution in [0.15, 0.2) is 0 Å². The molecule has 2 saturated heterocycles. The maximum Gasteiger partial charge on any atom is 0.242 e. The fraction of sp³-hybridized carbons (Fsp3) is 0.786. The van der Waals surface area contributed by atoms with E-state index in [1.807, 2.05) is 0 Å². The Morgan fingerprint density at radius 3 is 2.50 bits per heavy atom. The van der Waals surface area contributed by atoms with Crippen LogP contribution in [0.2, 0.25) is 0 Å². The molecule has 2 fully saturated rings. The topological polar surface area (TPSA) is 145 Å². The van der Waals surface area contributed by atoms with Gasteiger partial charge < -0.3 is 26.2 Å². The molecule has 0 aromatic carbocycles. The molecule has 4 atom stereocenters. The number of nitrogens with two attached hydrogens (primary N) is 1. The molecule has 0 aromatic rings. The molecule has 136 valence electrons. The Bertz CT molecular complexity index is 521. The summed E-state index contributed by atoms with van der Waals surface area (Å²) < 4.78 is 0. The van der Waals surface area contributed by atoms with Crippen molar-refractivity contribution in [3.63, 3.8) is 0 Å². The Hall–Kier alpha value is -1.36. The van der Waals surface area contributed by atoms with Crippen LogP contribution in [0.5, 0.6) is 0 Å². The fourth-order valence-corrected chi connectivity index (χ4v) is 4.22. The van der Waals surface area contributed by atoms with Gasteiger partial charge in [0.2, 0.25) is 17.7 Å². The highest BCUT2D eigenvalue weighted by Crippen LogP contribution is 2.38. The van der Waals surface area contributed by atoms with Crippen molar-refractivity contribution in [2.45, 2.75) is 49.4 Å². The first-order chi connectivity index (χ1) is 11.1. The van der Waals surface area contributed by atoms with Crippen molar-refractivity contribution in [1.29, 1.82) is 0 Å². The molecule has 9 nitrogen and oxygen atoms in total. The number of likely N-dealkylation sites (tertiary alicyclic amines) is 1. The first-order valence-electron chi connectivity index (χ1n) is 7.79. The number of amides is 3. The number of nitrogens with one attached hydrogen (secondary N) is 2. The van der Waals surface area contributed by atoms with Crippen LogP contribution in [0.3, 0.4) is 0 Å². The highest BCUT2D eigenvalue weighted by atomic mass is 32.2. The van der Waals surface area contributed by atoms with Gasteiger partial charge >= 0.3 is 0 Å². The number of rotatable bonds is 6. The SMILES string of the molecule is C[C@@H](O)CC(=O)N1CC2(C1)N[C@H](C(=O)N[C@H](C(N)=O)[C@@H](C)O)CS2. The van der Waals surface area contributed by atoms with E-state index in [0.29, 0.717) is 18.8 Å². The highest BCUT2D eigenvalue weighted by molar-refractivity contribution is 8.01. The van der Waals surface area contributed by atoms with Crippen LogP contribution in [-0.4, -0.2) is 80.8 Å². The second kappa shape index (κ2) is 7.26. The van der Waals surface area contributed by atoms with Crippen LogP contribution in [0.1, 0.15) is 20.3 Å². The average Bonchev–Trinajstić information content (AvgIpc) is 2.86. The fourth-order valence-electron chi connectivity index (χ4n) is 2.78. The number of carbonyl (C=O) groups excluding carboxylic acids is 3. The normalized spacial score (nSPS) is 25.7. The number of aliphatic hydroxyl groups excluding tert-OH is 2. The van der Waals surface area contributed by atoms with Gasteiger partial charge in [0.25, 0.3) is 0 Å². The molecule has 3 amide bonds. The molecular formula is C14H24N4O5S. The van der Waals surface area contributed by atoms with E-state index in [2.05, 4.69) is 10.6 Å². The monoisotopic (exact) mass is 360 g/mol. The first kappa shape index (κ1) is 19.0. The lowest BCUT2D eigenvalue weighted by Crippen LogP contribution is -2.68. The lowest BCUT2D eigenvalue weighted by Gasteiger charge is -2.47. The van der Waals surface area contributed by atoms with E-state index in [4.69, 9.17) is 5.73 Å². The Labute approximate surface area is 144 Å². The van der Waals surface area contributed by atoms with Crippen molar-refractivity contribution in [2.24, 2.45) is 5.73 Å². The summed E-state index contributed by atoms with van der Waals surface area (Å²) in [7, 11) is 0. The molecular weight excluding hydrogens is 336 g/mol. The van der Waals surface area contributed by atoms with Gasteiger partial charge in [0.05, 0.1) is 37.8 Å². The minimum atomic E-state index is -1.13. The molecule has 2 aliphatic heterocycles. The van der Waals surface area contributed by atoms with Crippen molar-refractivity contribution in [1.82, 2.24) is 15.5 Å². The maximum atomic E-state index is 12.2. The van der Waals surface area contributed by atoms with E-state index in [1.54, 1.807) is 23.6 Å². The van der Waals surface area contributed by atoms with Gasteiger partial charge in [0, 0.05) is 5.75 Å². The lowest BCUT2D eigenvalue weighted by molar-refractivity contribution is -0.139. The Balaban J connectivity index is 1.84. The van der Waals surface area contributed by atoms with Gasteiger partial charge in [-0.3, -0.25) is 19.7 Å². The Morgan fingerprint density at radius 1 is 1.38 bits per heavy atom. The minimum absolute atomic E-state index is 0.0827. The van der Waals surface area contributed by atoms with Crippen molar-refractivity contribution < 1.29 is 24.6 Å². The number of primary amides is 1. The van der Waals surface area contributed by atoms with E-state index in [0.717, 1.165) is 0 Å². The number of hydrogen-bond donors (Lipinski definition) is 5. The van der Waals surface area contributed by atoms with Crippen molar-refractivity contribution in [3.8, 4) is 0 Å². The van der Waals surface area contributed by atoms with Gasteiger partial charge in [0.1, 0.15) is 10.9 Å². The van der Waals surface area contributed by atoms with Crippen LogP contribution < -0.4 is 16.4 Å². The third-order valence-corrected chi connectivity index (χ3v) is 5.51. The maximum absolute atomic E-state index is 12.2. The molecule has 10 heteroatoms. The molecule has 0 aliphatic carbocycles. The van der Waals surface area contributed by atoms with Crippen LogP contribution in [0, 0.1) is 0 Å². The summed E-state index contributed by atoms with van der Waals surface area (Å²) in [5, 5.41) is 24.4. The summed E-state index contributed by atoms with van der Waals surface area (Å²) in [6.07, 6.45) is -1.67. The number of nitrogens with zero attached hydrogens (tertiary/aromatic N) is 1.